The summed E-state index contributed by atoms with van der Waals surface area (Å²) in [5.41, 5.74) is 7.37. The van der Waals surface area contributed by atoms with Crippen molar-refractivity contribution in [3.8, 4) is 5.19 Å². The molecule has 1 aromatic carbocycles. The highest BCUT2D eigenvalue weighted by atomic mass is 32.1. The fourth-order valence-electron chi connectivity index (χ4n) is 1.39. The van der Waals surface area contributed by atoms with Gasteiger partial charge in [0.1, 0.15) is 6.61 Å². The molecule has 0 fully saturated rings. The van der Waals surface area contributed by atoms with Gasteiger partial charge in [-0.05, 0) is 32.0 Å². The number of anilines is 1. The molecular formula is C12H16N2O2S. The number of nitrogen functional groups attached to an aromatic ring is 1. The maximum Gasteiger partial charge on any atom is 0.274 e. The van der Waals surface area contributed by atoms with Gasteiger partial charge in [0.05, 0.1) is 22.9 Å². The van der Waals surface area contributed by atoms with Crippen molar-refractivity contribution in [2.24, 2.45) is 0 Å². The van der Waals surface area contributed by atoms with E-state index in [0.29, 0.717) is 18.4 Å². The van der Waals surface area contributed by atoms with E-state index in [0.717, 1.165) is 15.9 Å². The number of hydrogen-bond acceptors (Lipinski definition) is 5. The zero-order chi connectivity index (χ0) is 12.3. The Labute approximate surface area is 104 Å². The van der Waals surface area contributed by atoms with E-state index in [1.807, 2.05) is 32.0 Å². The molecule has 0 radical (unpaired) electrons. The van der Waals surface area contributed by atoms with E-state index in [4.69, 9.17) is 15.2 Å². The van der Waals surface area contributed by atoms with Gasteiger partial charge in [-0.25, -0.2) is 4.98 Å². The summed E-state index contributed by atoms with van der Waals surface area (Å²) in [6.07, 6.45) is 0.230. The average Bonchev–Trinajstić information content (AvgIpc) is 2.66. The molecule has 5 heteroatoms. The minimum atomic E-state index is 0.230. The van der Waals surface area contributed by atoms with Crippen LogP contribution < -0.4 is 10.5 Å². The average molecular weight is 252 g/mol. The van der Waals surface area contributed by atoms with Gasteiger partial charge in [0.25, 0.3) is 5.19 Å². The lowest BCUT2D eigenvalue weighted by Crippen LogP contribution is -2.11. The van der Waals surface area contributed by atoms with Crippen LogP contribution in [-0.2, 0) is 4.74 Å². The number of nitrogens with two attached hydrogens (primary N) is 1. The number of thiazole rings is 1. The Hall–Kier alpha value is -1.33. The van der Waals surface area contributed by atoms with Crippen molar-refractivity contribution in [3.63, 3.8) is 0 Å². The lowest BCUT2D eigenvalue weighted by atomic mass is 10.3. The zero-order valence-electron chi connectivity index (χ0n) is 9.97. The topological polar surface area (TPSA) is 57.4 Å². The van der Waals surface area contributed by atoms with Crippen LogP contribution >= 0.6 is 11.3 Å². The molecule has 0 aliphatic carbocycles. The fraction of sp³-hybridized carbons (Fsp3) is 0.417. The first-order chi connectivity index (χ1) is 8.15. The molecule has 0 amide bonds. The first kappa shape index (κ1) is 12.1. The molecule has 92 valence electrons. The van der Waals surface area contributed by atoms with Gasteiger partial charge in [0.15, 0.2) is 0 Å². The SMILES string of the molecule is CC(C)OCCOc1nc2ccc(N)cc2s1. The highest BCUT2D eigenvalue weighted by Crippen LogP contribution is 2.28. The second kappa shape index (κ2) is 5.33. The quantitative estimate of drug-likeness (QED) is 0.656. The predicted octanol–water partition coefficient (Wildman–Crippen LogP) is 2.68. The van der Waals surface area contributed by atoms with Crippen LogP contribution in [-0.4, -0.2) is 24.3 Å². The summed E-state index contributed by atoms with van der Waals surface area (Å²) in [7, 11) is 0. The van der Waals surface area contributed by atoms with Crippen LogP contribution in [0.15, 0.2) is 18.2 Å². The van der Waals surface area contributed by atoms with E-state index in [1.54, 1.807) is 0 Å². The van der Waals surface area contributed by atoms with Gasteiger partial charge in [-0.1, -0.05) is 11.3 Å². The molecular weight excluding hydrogens is 236 g/mol. The molecule has 2 aromatic rings. The maximum absolute atomic E-state index is 5.71. The van der Waals surface area contributed by atoms with Crippen molar-refractivity contribution < 1.29 is 9.47 Å². The molecule has 0 atom stereocenters. The highest BCUT2D eigenvalue weighted by molar-refractivity contribution is 7.20. The Kier molecular flexibility index (Phi) is 3.81. The molecule has 0 bridgehead atoms. The van der Waals surface area contributed by atoms with Crippen LogP contribution in [0.1, 0.15) is 13.8 Å². The Morgan fingerprint density at radius 2 is 2.18 bits per heavy atom. The van der Waals surface area contributed by atoms with Crippen LogP contribution in [0, 0.1) is 0 Å². The fourth-order valence-corrected chi connectivity index (χ4v) is 2.28. The van der Waals surface area contributed by atoms with E-state index in [-0.39, 0.29) is 6.10 Å². The molecule has 1 aromatic heterocycles. The number of nitrogens with zero attached hydrogens (tertiary/aromatic N) is 1. The molecule has 0 saturated carbocycles. The predicted molar refractivity (Wildman–Crippen MR) is 70.6 cm³/mol. The summed E-state index contributed by atoms with van der Waals surface area (Å²) in [6.45, 7) is 5.10. The van der Waals surface area contributed by atoms with Gasteiger partial charge in [0, 0.05) is 5.69 Å². The van der Waals surface area contributed by atoms with Crippen molar-refractivity contribution in [3.05, 3.63) is 18.2 Å². The molecule has 17 heavy (non-hydrogen) atoms. The van der Waals surface area contributed by atoms with E-state index in [2.05, 4.69) is 4.98 Å². The second-order valence-electron chi connectivity index (χ2n) is 3.97. The van der Waals surface area contributed by atoms with E-state index in [9.17, 15) is 0 Å². The zero-order valence-corrected chi connectivity index (χ0v) is 10.8. The van der Waals surface area contributed by atoms with E-state index in [1.165, 1.54) is 11.3 Å². The Balaban J connectivity index is 1.95. The number of benzene rings is 1. The lowest BCUT2D eigenvalue weighted by Gasteiger charge is -2.06. The van der Waals surface area contributed by atoms with Crippen molar-refractivity contribution in [1.82, 2.24) is 4.98 Å². The molecule has 0 unspecified atom stereocenters. The van der Waals surface area contributed by atoms with E-state index >= 15 is 0 Å². The van der Waals surface area contributed by atoms with Crippen LogP contribution in [0.5, 0.6) is 5.19 Å². The summed E-state index contributed by atoms with van der Waals surface area (Å²) >= 11 is 1.50. The first-order valence-corrected chi connectivity index (χ1v) is 6.37. The third-order valence-electron chi connectivity index (χ3n) is 2.15. The van der Waals surface area contributed by atoms with Crippen molar-refractivity contribution in [1.29, 1.82) is 0 Å². The molecule has 0 aliphatic heterocycles. The smallest absolute Gasteiger partial charge is 0.274 e. The number of hydrogen-bond donors (Lipinski definition) is 1. The molecule has 1 heterocycles. The normalized spacial score (nSPS) is 11.2. The maximum atomic E-state index is 5.71. The van der Waals surface area contributed by atoms with Crippen LogP contribution in [0.3, 0.4) is 0 Å². The van der Waals surface area contributed by atoms with Crippen molar-refractivity contribution in [2.45, 2.75) is 20.0 Å². The number of fused-ring (bicyclic) bond motifs is 1. The van der Waals surface area contributed by atoms with Gasteiger partial charge in [0.2, 0.25) is 0 Å². The number of ether oxygens (including phenoxy) is 2. The standard InChI is InChI=1S/C12H16N2O2S/c1-8(2)15-5-6-16-12-14-10-4-3-9(13)7-11(10)17-12/h3-4,7-8H,5-6,13H2,1-2H3. The Morgan fingerprint density at radius 3 is 2.94 bits per heavy atom. The Morgan fingerprint density at radius 1 is 1.35 bits per heavy atom. The molecule has 2 N–H and O–H groups in total. The van der Waals surface area contributed by atoms with Crippen LogP contribution in [0.25, 0.3) is 10.2 Å². The third kappa shape index (κ3) is 3.31. The highest BCUT2D eigenvalue weighted by Gasteiger charge is 2.05. The van der Waals surface area contributed by atoms with Gasteiger partial charge in [-0.2, -0.15) is 0 Å². The summed E-state index contributed by atoms with van der Waals surface area (Å²) in [6, 6.07) is 5.65. The van der Waals surface area contributed by atoms with Crippen molar-refractivity contribution in [2.75, 3.05) is 18.9 Å². The molecule has 2 rings (SSSR count). The lowest BCUT2D eigenvalue weighted by molar-refractivity contribution is 0.0552. The monoisotopic (exact) mass is 252 g/mol. The summed E-state index contributed by atoms with van der Waals surface area (Å²) in [5, 5.41) is 0.665. The molecule has 4 nitrogen and oxygen atoms in total. The minimum Gasteiger partial charge on any atom is -0.468 e. The van der Waals surface area contributed by atoms with Gasteiger partial charge in [-0.3, -0.25) is 0 Å². The second-order valence-corrected chi connectivity index (χ2v) is 4.97. The minimum absolute atomic E-state index is 0.230. The molecule has 0 saturated heterocycles. The van der Waals surface area contributed by atoms with Crippen molar-refractivity contribution >= 4 is 27.2 Å². The summed E-state index contributed by atoms with van der Waals surface area (Å²) in [4.78, 5) is 4.36. The molecule has 0 spiro atoms. The van der Waals surface area contributed by atoms with Crippen LogP contribution in [0.4, 0.5) is 5.69 Å². The number of aromatic nitrogens is 1. The van der Waals surface area contributed by atoms with Gasteiger partial charge >= 0.3 is 0 Å². The third-order valence-corrected chi connectivity index (χ3v) is 3.08. The van der Waals surface area contributed by atoms with Crippen LogP contribution in [0.2, 0.25) is 0 Å². The summed E-state index contributed by atoms with van der Waals surface area (Å²) in [5.74, 6) is 0. The summed E-state index contributed by atoms with van der Waals surface area (Å²) < 4.78 is 12.0. The largest absolute Gasteiger partial charge is 0.468 e. The Bertz CT molecular complexity index is 496. The first-order valence-electron chi connectivity index (χ1n) is 5.55. The molecule has 0 aliphatic rings. The van der Waals surface area contributed by atoms with Gasteiger partial charge < -0.3 is 15.2 Å². The van der Waals surface area contributed by atoms with Gasteiger partial charge in [-0.15, -0.1) is 0 Å². The number of rotatable bonds is 5. The van der Waals surface area contributed by atoms with E-state index < -0.39 is 0 Å².